The van der Waals surface area contributed by atoms with E-state index in [4.69, 9.17) is 25.6 Å². The summed E-state index contributed by atoms with van der Waals surface area (Å²) in [6.45, 7) is 10.5. The predicted molar refractivity (Wildman–Crippen MR) is 95.1 cm³/mol. The molecule has 1 saturated heterocycles. The lowest BCUT2D eigenvalue weighted by atomic mass is 9.79. The van der Waals surface area contributed by atoms with E-state index in [1.807, 2.05) is 46.8 Å². The molecule has 0 saturated carbocycles. The average molecular weight is 365 g/mol. The molecular weight excluding hydrogens is 342 g/mol. The molecule has 2 heterocycles. The molecule has 0 aliphatic carbocycles. The van der Waals surface area contributed by atoms with Gasteiger partial charge in [-0.15, -0.1) is 5.10 Å². The molecule has 7 nitrogen and oxygen atoms in total. The molecule has 0 amide bonds. The molecule has 2 aromatic rings. The number of ether oxygens (including phenoxy) is 1. The standard InChI is InChI=1S/C16H22BClN4O3/c1-11(9-22-10-19-20-21-22)23-14-8-12(6-7-13(14)18)17-24-15(2,3)16(4,5)25-17/h6-8,10-11H,9H2,1-5H3/t11-/m0/s1. The van der Waals surface area contributed by atoms with Crippen molar-refractivity contribution in [2.45, 2.75) is 58.5 Å². The topological polar surface area (TPSA) is 71.3 Å². The molecule has 0 spiro atoms. The average Bonchev–Trinajstić information content (AvgIpc) is 3.07. The van der Waals surface area contributed by atoms with E-state index in [0.29, 0.717) is 17.3 Å². The first-order valence-corrected chi connectivity index (χ1v) is 8.58. The Balaban J connectivity index is 1.75. The van der Waals surface area contributed by atoms with Crippen LogP contribution in [0.2, 0.25) is 5.02 Å². The molecule has 1 atom stereocenters. The summed E-state index contributed by atoms with van der Waals surface area (Å²) in [5.74, 6) is 0.578. The highest BCUT2D eigenvalue weighted by molar-refractivity contribution is 6.62. The van der Waals surface area contributed by atoms with Gasteiger partial charge in [0.2, 0.25) is 0 Å². The highest BCUT2D eigenvalue weighted by atomic mass is 35.5. The Morgan fingerprint density at radius 2 is 1.92 bits per heavy atom. The van der Waals surface area contributed by atoms with Gasteiger partial charge in [-0.1, -0.05) is 17.7 Å². The van der Waals surface area contributed by atoms with Crippen LogP contribution in [0.1, 0.15) is 34.6 Å². The maximum absolute atomic E-state index is 6.29. The number of rotatable bonds is 5. The molecule has 0 N–H and O–H groups in total. The molecule has 1 aliphatic rings. The lowest BCUT2D eigenvalue weighted by Gasteiger charge is -2.32. The van der Waals surface area contributed by atoms with Gasteiger partial charge in [-0.05, 0) is 62.6 Å². The molecule has 134 valence electrons. The van der Waals surface area contributed by atoms with Crippen LogP contribution in [0.4, 0.5) is 0 Å². The van der Waals surface area contributed by atoms with Crippen LogP contribution < -0.4 is 10.2 Å². The zero-order chi connectivity index (χ0) is 18.2. The Morgan fingerprint density at radius 1 is 1.24 bits per heavy atom. The molecule has 9 heteroatoms. The number of benzene rings is 1. The fourth-order valence-electron chi connectivity index (χ4n) is 2.52. The largest absolute Gasteiger partial charge is 0.494 e. The molecule has 0 bridgehead atoms. The molecule has 0 unspecified atom stereocenters. The first kappa shape index (κ1) is 18.2. The highest BCUT2D eigenvalue weighted by Crippen LogP contribution is 2.37. The summed E-state index contributed by atoms with van der Waals surface area (Å²) in [5.41, 5.74) is 0.0740. The minimum absolute atomic E-state index is 0.158. The van der Waals surface area contributed by atoms with Crippen LogP contribution in [0, 0.1) is 0 Å². The summed E-state index contributed by atoms with van der Waals surface area (Å²) in [6, 6.07) is 5.55. The van der Waals surface area contributed by atoms with Gasteiger partial charge in [0.05, 0.1) is 22.8 Å². The minimum Gasteiger partial charge on any atom is -0.487 e. The highest BCUT2D eigenvalue weighted by Gasteiger charge is 2.51. The van der Waals surface area contributed by atoms with E-state index in [-0.39, 0.29) is 6.10 Å². The van der Waals surface area contributed by atoms with Gasteiger partial charge < -0.3 is 14.0 Å². The Bertz CT molecular complexity index is 723. The Hall–Kier alpha value is -1.64. The summed E-state index contributed by atoms with van der Waals surface area (Å²) in [4.78, 5) is 0. The first-order valence-electron chi connectivity index (χ1n) is 8.20. The molecule has 1 fully saturated rings. The van der Waals surface area contributed by atoms with Crippen LogP contribution in [0.5, 0.6) is 5.75 Å². The van der Waals surface area contributed by atoms with Gasteiger partial charge in [-0.25, -0.2) is 4.68 Å². The smallest absolute Gasteiger partial charge is 0.487 e. The van der Waals surface area contributed by atoms with E-state index >= 15 is 0 Å². The van der Waals surface area contributed by atoms with Crippen molar-refractivity contribution in [1.82, 2.24) is 20.2 Å². The number of tetrazole rings is 1. The Morgan fingerprint density at radius 3 is 2.52 bits per heavy atom. The maximum atomic E-state index is 6.29. The van der Waals surface area contributed by atoms with Gasteiger partial charge in [-0.3, -0.25) is 0 Å². The number of aromatic nitrogens is 4. The van der Waals surface area contributed by atoms with Gasteiger partial charge in [-0.2, -0.15) is 0 Å². The SMILES string of the molecule is C[C@@H](Cn1cnnn1)Oc1cc(B2OC(C)(C)C(C)(C)O2)ccc1Cl. The molecule has 1 aromatic carbocycles. The van der Waals surface area contributed by atoms with Crippen LogP contribution >= 0.6 is 11.6 Å². The second-order valence-corrected chi connectivity index (χ2v) is 7.65. The summed E-state index contributed by atoms with van der Waals surface area (Å²) in [7, 11) is -0.459. The number of hydrogen-bond acceptors (Lipinski definition) is 6. The molecule has 3 rings (SSSR count). The normalized spacial score (nSPS) is 19.8. The Labute approximate surface area is 152 Å². The lowest BCUT2D eigenvalue weighted by Crippen LogP contribution is -2.41. The van der Waals surface area contributed by atoms with Crippen LogP contribution in [-0.2, 0) is 15.9 Å². The van der Waals surface area contributed by atoms with Gasteiger partial charge in [0, 0.05) is 0 Å². The monoisotopic (exact) mass is 364 g/mol. The summed E-state index contributed by atoms with van der Waals surface area (Å²) in [5, 5.41) is 11.6. The third-order valence-electron chi connectivity index (χ3n) is 4.64. The number of nitrogens with zero attached hydrogens (tertiary/aromatic N) is 4. The van der Waals surface area contributed by atoms with E-state index in [2.05, 4.69) is 15.5 Å². The van der Waals surface area contributed by atoms with E-state index in [1.54, 1.807) is 17.1 Å². The molecule has 25 heavy (non-hydrogen) atoms. The van der Waals surface area contributed by atoms with Crippen molar-refractivity contribution in [1.29, 1.82) is 0 Å². The number of halogens is 1. The number of hydrogen-bond donors (Lipinski definition) is 0. The van der Waals surface area contributed by atoms with E-state index in [1.165, 1.54) is 0 Å². The fraction of sp³-hybridized carbons (Fsp3) is 0.562. The van der Waals surface area contributed by atoms with Gasteiger partial charge in [0.25, 0.3) is 0 Å². The quantitative estimate of drug-likeness (QED) is 0.757. The molecular formula is C16H22BClN4O3. The predicted octanol–water partition coefficient (Wildman–Crippen LogP) is 2.09. The van der Waals surface area contributed by atoms with Crippen molar-refractivity contribution < 1.29 is 14.0 Å². The van der Waals surface area contributed by atoms with Crippen molar-refractivity contribution in [3.63, 3.8) is 0 Å². The van der Waals surface area contributed by atoms with E-state index in [0.717, 1.165) is 5.46 Å². The van der Waals surface area contributed by atoms with Gasteiger partial charge in [0.15, 0.2) is 0 Å². The molecule has 0 radical (unpaired) electrons. The second kappa shape index (κ2) is 6.59. The maximum Gasteiger partial charge on any atom is 0.494 e. The molecule has 1 aliphatic heterocycles. The lowest BCUT2D eigenvalue weighted by molar-refractivity contribution is 0.00578. The van der Waals surface area contributed by atoms with Crippen molar-refractivity contribution >= 4 is 24.2 Å². The molecule has 1 aromatic heterocycles. The van der Waals surface area contributed by atoms with Crippen LogP contribution in [-0.4, -0.2) is 44.6 Å². The van der Waals surface area contributed by atoms with Crippen LogP contribution in [0.3, 0.4) is 0 Å². The van der Waals surface area contributed by atoms with Crippen molar-refractivity contribution in [3.8, 4) is 5.75 Å². The zero-order valence-electron chi connectivity index (χ0n) is 15.1. The van der Waals surface area contributed by atoms with Crippen molar-refractivity contribution in [2.24, 2.45) is 0 Å². The van der Waals surface area contributed by atoms with Gasteiger partial charge in [0.1, 0.15) is 18.2 Å². The van der Waals surface area contributed by atoms with Crippen LogP contribution in [0.15, 0.2) is 24.5 Å². The van der Waals surface area contributed by atoms with Crippen LogP contribution in [0.25, 0.3) is 0 Å². The van der Waals surface area contributed by atoms with E-state index in [9.17, 15) is 0 Å². The second-order valence-electron chi connectivity index (χ2n) is 7.24. The summed E-state index contributed by atoms with van der Waals surface area (Å²) < 4.78 is 19.7. The van der Waals surface area contributed by atoms with Crippen molar-refractivity contribution in [2.75, 3.05) is 0 Å². The first-order chi connectivity index (χ1) is 11.7. The third kappa shape index (κ3) is 3.81. The van der Waals surface area contributed by atoms with E-state index < -0.39 is 18.3 Å². The summed E-state index contributed by atoms with van der Waals surface area (Å²) >= 11 is 6.29. The minimum atomic E-state index is -0.459. The zero-order valence-corrected chi connectivity index (χ0v) is 15.8. The Kier molecular flexibility index (Phi) is 4.79. The fourth-order valence-corrected chi connectivity index (χ4v) is 2.68. The van der Waals surface area contributed by atoms with Crippen molar-refractivity contribution in [3.05, 3.63) is 29.5 Å². The van der Waals surface area contributed by atoms with Gasteiger partial charge >= 0.3 is 7.12 Å². The summed E-state index contributed by atoms with van der Waals surface area (Å²) in [6.07, 6.45) is 1.39. The third-order valence-corrected chi connectivity index (χ3v) is 4.96.